The lowest BCUT2D eigenvalue weighted by atomic mass is 10.2. The fourth-order valence-electron chi connectivity index (χ4n) is 1.63. The first-order chi connectivity index (χ1) is 8.91. The van der Waals surface area contributed by atoms with Gasteiger partial charge in [0.25, 0.3) is 0 Å². The second kappa shape index (κ2) is 5.32. The van der Waals surface area contributed by atoms with Crippen LogP contribution in [0.4, 0.5) is 13.2 Å². The third kappa shape index (κ3) is 3.15. The van der Waals surface area contributed by atoms with Crippen molar-refractivity contribution < 1.29 is 13.2 Å². The van der Waals surface area contributed by atoms with E-state index in [1.165, 1.54) is 16.9 Å². The number of nitrogens with zero attached hydrogens (tertiary/aromatic N) is 3. The molecule has 0 aliphatic rings. The van der Waals surface area contributed by atoms with Crippen LogP contribution >= 0.6 is 15.9 Å². The molecule has 0 N–H and O–H groups in total. The van der Waals surface area contributed by atoms with Gasteiger partial charge >= 0.3 is 6.18 Å². The minimum atomic E-state index is -4.33. The van der Waals surface area contributed by atoms with Crippen molar-refractivity contribution in [3.05, 3.63) is 41.2 Å². The van der Waals surface area contributed by atoms with E-state index in [1.54, 1.807) is 0 Å². The Morgan fingerprint density at radius 1 is 1.16 bits per heavy atom. The van der Waals surface area contributed by atoms with Gasteiger partial charge in [0.2, 0.25) is 0 Å². The molecule has 0 fully saturated rings. The molecule has 1 aromatic heterocycles. The molecule has 0 saturated carbocycles. The number of rotatable bonds is 3. The van der Waals surface area contributed by atoms with Crippen molar-refractivity contribution in [2.45, 2.75) is 19.5 Å². The van der Waals surface area contributed by atoms with Crippen LogP contribution in [0.1, 0.15) is 17.0 Å². The molecule has 0 amide bonds. The molecule has 3 nitrogen and oxygen atoms in total. The van der Waals surface area contributed by atoms with E-state index in [0.29, 0.717) is 5.69 Å². The number of benzene rings is 1. The summed E-state index contributed by atoms with van der Waals surface area (Å²) in [5.74, 6) is 0. The summed E-state index contributed by atoms with van der Waals surface area (Å²) in [5.41, 5.74) is 1.44. The fourth-order valence-corrected chi connectivity index (χ4v) is 2.00. The lowest BCUT2D eigenvalue weighted by molar-refractivity contribution is -0.137. The van der Waals surface area contributed by atoms with E-state index in [4.69, 9.17) is 0 Å². The second-order valence-electron chi connectivity index (χ2n) is 4.01. The van der Waals surface area contributed by atoms with Gasteiger partial charge in [-0.05, 0) is 31.2 Å². The topological polar surface area (TPSA) is 30.7 Å². The average molecular weight is 334 g/mol. The molecule has 2 aromatic rings. The third-order valence-corrected chi connectivity index (χ3v) is 3.03. The van der Waals surface area contributed by atoms with Gasteiger partial charge in [-0.2, -0.15) is 28.2 Å². The maximum atomic E-state index is 12.4. The van der Waals surface area contributed by atoms with E-state index >= 15 is 0 Å². The van der Waals surface area contributed by atoms with E-state index in [1.807, 2.05) is 6.92 Å². The first-order valence-corrected chi connectivity index (χ1v) is 6.70. The van der Waals surface area contributed by atoms with Crippen molar-refractivity contribution in [1.82, 2.24) is 15.0 Å². The predicted octanol–water partition coefficient (Wildman–Crippen LogP) is 3.53. The Hall–Kier alpha value is -1.37. The van der Waals surface area contributed by atoms with Crippen LogP contribution in [0, 0.1) is 6.92 Å². The molecule has 0 aliphatic heterocycles. The molecule has 0 spiro atoms. The second-order valence-corrected chi connectivity index (χ2v) is 4.80. The summed E-state index contributed by atoms with van der Waals surface area (Å²) in [5, 5.41) is 9.21. The largest absolute Gasteiger partial charge is 0.416 e. The van der Waals surface area contributed by atoms with Crippen LogP contribution in [-0.4, -0.2) is 20.3 Å². The summed E-state index contributed by atoms with van der Waals surface area (Å²) in [6.07, 6.45) is -3.60. The molecular weight excluding hydrogens is 323 g/mol. The summed E-state index contributed by atoms with van der Waals surface area (Å²) < 4.78 is 37.3. The molecule has 0 aliphatic carbocycles. The van der Waals surface area contributed by atoms with E-state index in [0.717, 1.165) is 35.3 Å². The zero-order valence-corrected chi connectivity index (χ0v) is 11.7. The Kier molecular flexibility index (Phi) is 3.93. The Bertz CT molecular complexity index is 561. The van der Waals surface area contributed by atoms with Gasteiger partial charge in [0, 0.05) is 11.8 Å². The van der Waals surface area contributed by atoms with Crippen molar-refractivity contribution in [2.75, 3.05) is 5.33 Å². The molecule has 0 atom stereocenters. The van der Waals surface area contributed by atoms with Crippen LogP contribution in [0.2, 0.25) is 0 Å². The third-order valence-electron chi connectivity index (χ3n) is 2.63. The maximum absolute atomic E-state index is 12.4. The lowest BCUT2D eigenvalue weighted by Crippen LogP contribution is -2.06. The number of alkyl halides is 4. The quantitative estimate of drug-likeness (QED) is 0.804. The molecule has 19 heavy (non-hydrogen) atoms. The van der Waals surface area contributed by atoms with Crippen LogP contribution in [0.25, 0.3) is 5.69 Å². The van der Waals surface area contributed by atoms with Crippen LogP contribution in [0.3, 0.4) is 0 Å². The Labute approximate surface area is 116 Å². The SMILES string of the molecule is Cc1nn(-c2ccc(C(F)(F)F)cc2)nc1CCBr. The minimum Gasteiger partial charge on any atom is -0.166 e. The highest BCUT2D eigenvalue weighted by molar-refractivity contribution is 9.09. The van der Waals surface area contributed by atoms with Crippen LogP contribution in [0.5, 0.6) is 0 Å². The van der Waals surface area contributed by atoms with Gasteiger partial charge in [-0.1, -0.05) is 15.9 Å². The summed E-state index contributed by atoms with van der Waals surface area (Å²) in [4.78, 5) is 1.35. The zero-order valence-electron chi connectivity index (χ0n) is 10.1. The van der Waals surface area contributed by atoms with Crippen LogP contribution in [-0.2, 0) is 12.6 Å². The number of hydrogen-bond acceptors (Lipinski definition) is 2. The molecule has 0 bridgehead atoms. The van der Waals surface area contributed by atoms with Gasteiger partial charge in [-0.3, -0.25) is 0 Å². The predicted molar refractivity (Wildman–Crippen MR) is 68.6 cm³/mol. The smallest absolute Gasteiger partial charge is 0.166 e. The minimum absolute atomic E-state index is 0.511. The van der Waals surface area contributed by atoms with Crippen LogP contribution in [0.15, 0.2) is 24.3 Å². The standard InChI is InChI=1S/C12H11BrF3N3/c1-8-11(6-7-13)18-19(17-8)10-4-2-9(3-5-10)12(14,15)16/h2-5H,6-7H2,1H3. The normalized spacial score (nSPS) is 11.8. The van der Waals surface area contributed by atoms with Crippen molar-refractivity contribution >= 4 is 15.9 Å². The lowest BCUT2D eigenvalue weighted by Gasteiger charge is -2.06. The van der Waals surface area contributed by atoms with Crippen molar-refractivity contribution in [1.29, 1.82) is 0 Å². The Morgan fingerprint density at radius 3 is 2.32 bits per heavy atom. The van der Waals surface area contributed by atoms with Gasteiger partial charge in [0.05, 0.1) is 22.6 Å². The molecule has 1 aromatic carbocycles. The fraction of sp³-hybridized carbons (Fsp3) is 0.333. The molecule has 0 unspecified atom stereocenters. The van der Waals surface area contributed by atoms with Gasteiger partial charge in [-0.15, -0.1) is 0 Å². The van der Waals surface area contributed by atoms with Gasteiger partial charge in [0.15, 0.2) is 0 Å². The molecule has 0 saturated heterocycles. The summed E-state index contributed by atoms with van der Waals surface area (Å²) in [7, 11) is 0. The first-order valence-electron chi connectivity index (χ1n) is 5.58. The average Bonchev–Trinajstić information content (AvgIpc) is 2.71. The number of aryl methyl sites for hydroxylation is 2. The molecule has 0 radical (unpaired) electrons. The highest BCUT2D eigenvalue weighted by atomic mass is 79.9. The summed E-state index contributed by atoms with van der Waals surface area (Å²) in [6, 6.07) is 4.77. The number of hydrogen-bond donors (Lipinski definition) is 0. The summed E-state index contributed by atoms with van der Waals surface area (Å²) >= 11 is 3.32. The highest BCUT2D eigenvalue weighted by Crippen LogP contribution is 2.29. The van der Waals surface area contributed by atoms with E-state index < -0.39 is 11.7 Å². The maximum Gasteiger partial charge on any atom is 0.416 e. The number of halogens is 4. The zero-order chi connectivity index (χ0) is 14.0. The van der Waals surface area contributed by atoms with Gasteiger partial charge in [-0.25, -0.2) is 0 Å². The molecule has 7 heteroatoms. The summed E-state index contributed by atoms with van der Waals surface area (Å²) in [6.45, 7) is 1.82. The first kappa shape index (κ1) is 14.0. The highest BCUT2D eigenvalue weighted by Gasteiger charge is 2.30. The molecule has 1 heterocycles. The van der Waals surface area contributed by atoms with E-state index in [9.17, 15) is 13.2 Å². The van der Waals surface area contributed by atoms with Crippen molar-refractivity contribution in [2.24, 2.45) is 0 Å². The molecule has 2 rings (SSSR count). The molecule has 102 valence electrons. The van der Waals surface area contributed by atoms with Crippen LogP contribution < -0.4 is 0 Å². The number of aromatic nitrogens is 3. The van der Waals surface area contributed by atoms with Crippen molar-refractivity contribution in [3.63, 3.8) is 0 Å². The van der Waals surface area contributed by atoms with E-state index in [2.05, 4.69) is 26.1 Å². The van der Waals surface area contributed by atoms with Crippen molar-refractivity contribution in [3.8, 4) is 5.69 Å². The Morgan fingerprint density at radius 2 is 1.79 bits per heavy atom. The van der Waals surface area contributed by atoms with Gasteiger partial charge < -0.3 is 0 Å². The monoisotopic (exact) mass is 333 g/mol. The van der Waals surface area contributed by atoms with Gasteiger partial charge in [0.1, 0.15) is 0 Å². The Balaban J connectivity index is 2.30. The van der Waals surface area contributed by atoms with E-state index in [-0.39, 0.29) is 0 Å². The molecular formula is C12H11BrF3N3.